The fourth-order valence-corrected chi connectivity index (χ4v) is 2.61. The zero-order chi connectivity index (χ0) is 14.3. The van der Waals surface area contributed by atoms with Crippen LogP contribution in [0, 0.1) is 5.92 Å². The van der Waals surface area contributed by atoms with E-state index in [9.17, 15) is 0 Å². The van der Waals surface area contributed by atoms with Crippen LogP contribution in [-0.2, 0) is 0 Å². The molecular formula is C17H30N2. The summed E-state index contributed by atoms with van der Waals surface area (Å²) in [6, 6.07) is 11.9. The molecule has 2 atom stereocenters. The van der Waals surface area contributed by atoms with Gasteiger partial charge < -0.3 is 5.32 Å². The highest BCUT2D eigenvalue weighted by atomic mass is 15.2. The van der Waals surface area contributed by atoms with Crippen molar-refractivity contribution in [2.45, 2.75) is 46.2 Å². The number of rotatable bonds is 8. The summed E-state index contributed by atoms with van der Waals surface area (Å²) in [6.07, 6.45) is 1.24. The van der Waals surface area contributed by atoms with E-state index in [4.69, 9.17) is 0 Å². The maximum absolute atomic E-state index is 3.49. The van der Waals surface area contributed by atoms with Crippen LogP contribution >= 0.6 is 0 Å². The number of nitrogens with one attached hydrogen (secondary N) is 1. The fourth-order valence-electron chi connectivity index (χ4n) is 2.61. The predicted molar refractivity (Wildman–Crippen MR) is 84.4 cm³/mol. The number of hydrogen-bond acceptors (Lipinski definition) is 2. The summed E-state index contributed by atoms with van der Waals surface area (Å²) in [6.45, 7) is 11.1. The molecule has 19 heavy (non-hydrogen) atoms. The van der Waals surface area contributed by atoms with Crippen molar-refractivity contribution < 1.29 is 0 Å². The second-order valence-electron chi connectivity index (χ2n) is 5.88. The molecule has 0 aromatic heterocycles. The van der Waals surface area contributed by atoms with Gasteiger partial charge in [-0.05, 0) is 38.4 Å². The van der Waals surface area contributed by atoms with Crippen LogP contribution in [0.5, 0.6) is 0 Å². The molecule has 0 saturated carbocycles. The summed E-state index contributed by atoms with van der Waals surface area (Å²) in [5.74, 6) is 0.744. The van der Waals surface area contributed by atoms with Gasteiger partial charge in [0.25, 0.3) is 0 Å². The molecule has 1 aromatic rings. The maximum Gasteiger partial charge on any atom is 0.0472 e. The lowest BCUT2D eigenvalue weighted by atomic mass is 9.99. The molecule has 0 fully saturated rings. The van der Waals surface area contributed by atoms with E-state index in [1.54, 1.807) is 0 Å². The number of hydrogen-bond donors (Lipinski definition) is 1. The standard InChI is InChI=1S/C17H30N2/c1-6-18-13-17(16-10-8-7-9-11-16)19(5)15(4)12-14(2)3/h7-11,14-15,17-18H,6,12-13H2,1-5H3. The summed E-state index contributed by atoms with van der Waals surface area (Å²) in [5, 5.41) is 3.49. The first-order chi connectivity index (χ1) is 9.06. The Labute approximate surface area is 119 Å². The summed E-state index contributed by atoms with van der Waals surface area (Å²) >= 11 is 0. The van der Waals surface area contributed by atoms with Gasteiger partial charge in [-0.3, -0.25) is 4.90 Å². The highest BCUT2D eigenvalue weighted by molar-refractivity contribution is 5.19. The number of benzene rings is 1. The molecule has 108 valence electrons. The van der Waals surface area contributed by atoms with Gasteiger partial charge in [-0.2, -0.15) is 0 Å². The van der Waals surface area contributed by atoms with Crippen molar-refractivity contribution in [3.8, 4) is 0 Å². The SMILES string of the molecule is CCNCC(c1ccccc1)N(C)C(C)CC(C)C. The summed E-state index contributed by atoms with van der Waals surface area (Å²) in [4.78, 5) is 2.51. The largest absolute Gasteiger partial charge is 0.315 e. The quantitative estimate of drug-likeness (QED) is 0.768. The highest BCUT2D eigenvalue weighted by Gasteiger charge is 2.21. The minimum Gasteiger partial charge on any atom is -0.315 e. The van der Waals surface area contributed by atoms with E-state index in [0.717, 1.165) is 19.0 Å². The average molecular weight is 262 g/mol. The van der Waals surface area contributed by atoms with Crippen LogP contribution in [0.4, 0.5) is 0 Å². The first-order valence-corrected chi connectivity index (χ1v) is 7.53. The first kappa shape index (κ1) is 16.2. The van der Waals surface area contributed by atoms with Gasteiger partial charge in [0.2, 0.25) is 0 Å². The Morgan fingerprint density at radius 2 is 1.74 bits per heavy atom. The van der Waals surface area contributed by atoms with Gasteiger partial charge in [0.1, 0.15) is 0 Å². The van der Waals surface area contributed by atoms with Crippen LogP contribution in [0.15, 0.2) is 30.3 Å². The molecule has 0 aliphatic heterocycles. The first-order valence-electron chi connectivity index (χ1n) is 7.53. The minimum atomic E-state index is 0.454. The molecule has 0 bridgehead atoms. The Morgan fingerprint density at radius 3 is 2.26 bits per heavy atom. The van der Waals surface area contributed by atoms with Crippen molar-refractivity contribution >= 4 is 0 Å². The molecule has 0 radical (unpaired) electrons. The lowest BCUT2D eigenvalue weighted by molar-refractivity contribution is 0.162. The average Bonchev–Trinajstić information content (AvgIpc) is 2.39. The third-order valence-corrected chi connectivity index (χ3v) is 3.77. The molecule has 0 saturated heterocycles. The van der Waals surface area contributed by atoms with Crippen molar-refractivity contribution in [2.75, 3.05) is 20.1 Å². The van der Waals surface area contributed by atoms with Gasteiger partial charge in [0, 0.05) is 18.6 Å². The Hall–Kier alpha value is -0.860. The topological polar surface area (TPSA) is 15.3 Å². The van der Waals surface area contributed by atoms with Gasteiger partial charge in [-0.15, -0.1) is 0 Å². The summed E-state index contributed by atoms with van der Waals surface area (Å²) < 4.78 is 0. The van der Waals surface area contributed by atoms with E-state index < -0.39 is 0 Å². The fraction of sp³-hybridized carbons (Fsp3) is 0.647. The van der Waals surface area contributed by atoms with E-state index in [0.29, 0.717) is 12.1 Å². The minimum absolute atomic E-state index is 0.454. The molecule has 1 aromatic carbocycles. The lowest BCUT2D eigenvalue weighted by Crippen LogP contribution is -2.39. The molecule has 0 heterocycles. The van der Waals surface area contributed by atoms with Crippen molar-refractivity contribution in [3.63, 3.8) is 0 Å². The zero-order valence-electron chi connectivity index (χ0n) is 13.2. The van der Waals surface area contributed by atoms with Crippen molar-refractivity contribution in [1.82, 2.24) is 10.2 Å². The predicted octanol–water partition coefficient (Wildman–Crippen LogP) is 3.70. The molecule has 0 aliphatic carbocycles. The second-order valence-corrected chi connectivity index (χ2v) is 5.88. The van der Waals surface area contributed by atoms with E-state index in [1.165, 1.54) is 12.0 Å². The summed E-state index contributed by atoms with van der Waals surface area (Å²) in [7, 11) is 2.25. The molecule has 2 nitrogen and oxygen atoms in total. The van der Waals surface area contributed by atoms with Crippen molar-refractivity contribution in [3.05, 3.63) is 35.9 Å². The Bertz CT molecular complexity index is 334. The van der Waals surface area contributed by atoms with Crippen LogP contribution in [0.3, 0.4) is 0 Å². The van der Waals surface area contributed by atoms with E-state index in [-0.39, 0.29) is 0 Å². The van der Waals surface area contributed by atoms with Crippen LogP contribution < -0.4 is 5.32 Å². The number of likely N-dealkylation sites (N-methyl/N-ethyl adjacent to an activating group) is 2. The van der Waals surface area contributed by atoms with Gasteiger partial charge in [-0.25, -0.2) is 0 Å². The van der Waals surface area contributed by atoms with Gasteiger partial charge >= 0.3 is 0 Å². The molecule has 1 rings (SSSR count). The summed E-state index contributed by atoms with van der Waals surface area (Å²) in [5.41, 5.74) is 1.40. The molecule has 0 amide bonds. The third kappa shape index (κ3) is 5.33. The van der Waals surface area contributed by atoms with Crippen LogP contribution in [-0.4, -0.2) is 31.1 Å². The molecule has 0 spiro atoms. The second kappa shape index (κ2) is 8.34. The lowest BCUT2D eigenvalue weighted by Gasteiger charge is -2.34. The number of nitrogens with zero attached hydrogens (tertiary/aromatic N) is 1. The molecule has 2 unspecified atom stereocenters. The van der Waals surface area contributed by atoms with Crippen LogP contribution in [0.2, 0.25) is 0 Å². The van der Waals surface area contributed by atoms with Gasteiger partial charge in [0.05, 0.1) is 0 Å². The Morgan fingerprint density at radius 1 is 1.11 bits per heavy atom. The smallest absolute Gasteiger partial charge is 0.0472 e. The van der Waals surface area contributed by atoms with E-state index >= 15 is 0 Å². The van der Waals surface area contributed by atoms with Crippen LogP contribution in [0.25, 0.3) is 0 Å². The maximum atomic E-state index is 3.49. The monoisotopic (exact) mass is 262 g/mol. The van der Waals surface area contributed by atoms with E-state index in [1.807, 2.05) is 0 Å². The van der Waals surface area contributed by atoms with Crippen LogP contribution in [0.1, 0.15) is 45.7 Å². The highest BCUT2D eigenvalue weighted by Crippen LogP contribution is 2.23. The van der Waals surface area contributed by atoms with Gasteiger partial charge in [0.15, 0.2) is 0 Å². The molecule has 2 heteroatoms. The zero-order valence-corrected chi connectivity index (χ0v) is 13.2. The molecule has 1 N–H and O–H groups in total. The normalized spacial score (nSPS) is 14.9. The molecular weight excluding hydrogens is 232 g/mol. The Kier molecular flexibility index (Phi) is 7.11. The van der Waals surface area contributed by atoms with Gasteiger partial charge in [-0.1, -0.05) is 51.1 Å². The van der Waals surface area contributed by atoms with Crippen molar-refractivity contribution in [1.29, 1.82) is 0 Å². The Balaban J connectivity index is 2.78. The third-order valence-electron chi connectivity index (χ3n) is 3.77. The van der Waals surface area contributed by atoms with Crippen molar-refractivity contribution in [2.24, 2.45) is 5.92 Å². The van der Waals surface area contributed by atoms with E-state index in [2.05, 4.69) is 75.3 Å². The molecule has 0 aliphatic rings.